The quantitative estimate of drug-likeness (QED) is 0.699. The van der Waals surface area contributed by atoms with E-state index in [0.717, 1.165) is 17.8 Å². The topological polar surface area (TPSA) is 69.9 Å². The van der Waals surface area contributed by atoms with E-state index in [0.29, 0.717) is 5.92 Å². The van der Waals surface area contributed by atoms with Crippen molar-refractivity contribution in [3.8, 4) is 5.75 Å². The molecule has 1 aromatic carbocycles. The van der Waals surface area contributed by atoms with Gasteiger partial charge in [-0.2, -0.15) is 0 Å². The molecule has 0 aliphatic rings. The molecule has 0 radical (unpaired) electrons. The van der Waals surface area contributed by atoms with Crippen LogP contribution in [0.15, 0.2) is 45.8 Å². The lowest BCUT2D eigenvalue weighted by Gasteiger charge is -2.16. The summed E-state index contributed by atoms with van der Waals surface area (Å²) in [4.78, 5) is 12.1. The Balaban J connectivity index is 2.14. The van der Waals surface area contributed by atoms with Gasteiger partial charge in [-0.3, -0.25) is 4.79 Å². The van der Waals surface area contributed by atoms with Crippen molar-refractivity contribution in [3.63, 3.8) is 0 Å². The first kappa shape index (κ1) is 19.0. The SMILES string of the molecule is COC(OC)c1occc(=O)c1OCc1cccc(NCC(C)C)c1. The standard InChI is InChI=1S/C19H25NO5/c1-13(2)11-20-15-7-5-6-14(10-15)12-25-17-16(21)8-9-24-18(17)19(22-3)23-4/h5-10,13,19-20H,11-12H2,1-4H3. The van der Waals surface area contributed by atoms with E-state index >= 15 is 0 Å². The third-order valence-corrected chi connectivity index (χ3v) is 3.53. The minimum absolute atomic E-state index is 0.0942. The molecular formula is C19H25NO5. The van der Waals surface area contributed by atoms with Crippen LogP contribution in [0.1, 0.15) is 31.5 Å². The Morgan fingerprint density at radius 3 is 2.60 bits per heavy atom. The molecule has 6 nitrogen and oxygen atoms in total. The normalized spacial score (nSPS) is 11.1. The number of rotatable bonds is 9. The largest absolute Gasteiger partial charge is 0.481 e. The molecule has 2 rings (SSSR count). The van der Waals surface area contributed by atoms with Gasteiger partial charge < -0.3 is 23.9 Å². The summed E-state index contributed by atoms with van der Waals surface area (Å²) in [7, 11) is 2.93. The maximum atomic E-state index is 12.1. The van der Waals surface area contributed by atoms with E-state index < -0.39 is 6.29 Å². The van der Waals surface area contributed by atoms with Crippen LogP contribution in [0.25, 0.3) is 0 Å². The second-order valence-electron chi connectivity index (χ2n) is 6.05. The van der Waals surface area contributed by atoms with Crippen molar-refractivity contribution in [1.29, 1.82) is 0 Å². The Morgan fingerprint density at radius 2 is 1.92 bits per heavy atom. The van der Waals surface area contributed by atoms with Crippen LogP contribution in [0.3, 0.4) is 0 Å². The van der Waals surface area contributed by atoms with Gasteiger partial charge in [0.2, 0.25) is 23.2 Å². The molecular weight excluding hydrogens is 322 g/mol. The van der Waals surface area contributed by atoms with E-state index in [2.05, 4.69) is 19.2 Å². The van der Waals surface area contributed by atoms with Crippen LogP contribution >= 0.6 is 0 Å². The minimum atomic E-state index is -0.803. The van der Waals surface area contributed by atoms with E-state index in [4.69, 9.17) is 18.6 Å². The zero-order chi connectivity index (χ0) is 18.2. The molecule has 0 aliphatic carbocycles. The van der Waals surface area contributed by atoms with Crippen LogP contribution in [-0.2, 0) is 16.1 Å². The van der Waals surface area contributed by atoms with Gasteiger partial charge in [-0.1, -0.05) is 26.0 Å². The van der Waals surface area contributed by atoms with Crippen molar-refractivity contribution in [2.75, 3.05) is 26.1 Å². The van der Waals surface area contributed by atoms with Crippen LogP contribution < -0.4 is 15.5 Å². The summed E-state index contributed by atoms with van der Waals surface area (Å²) >= 11 is 0. The summed E-state index contributed by atoms with van der Waals surface area (Å²) in [6, 6.07) is 9.19. The summed E-state index contributed by atoms with van der Waals surface area (Å²) in [5.41, 5.74) is 1.67. The second-order valence-corrected chi connectivity index (χ2v) is 6.05. The highest BCUT2D eigenvalue weighted by Gasteiger charge is 2.21. The molecule has 1 heterocycles. The zero-order valence-electron chi connectivity index (χ0n) is 15.1. The predicted octanol–water partition coefficient (Wildman–Crippen LogP) is 3.58. The molecule has 0 aliphatic heterocycles. The van der Waals surface area contributed by atoms with Crippen molar-refractivity contribution in [3.05, 3.63) is 58.1 Å². The number of ether oxygens (including phenoxy) is 3. The Labute approximate surface area is 147 Å². The molecule has 2 aromatic rings. The lowest BCUT2D eigenvalue weighted by Crippen LogP contribution is -2.14. The Morgan fingerprint density at radius 1 is 1.16 bits per heavy atom. The van der Waals surface area contributed by atoms with Gasteiger partial charge in [0, 0.05) is 32.5 Å². The zero-order valence-corrected chi connectivity index (χ0v) is 15.1. The van der Waals surface area contributed by atoms with Gasteiger partial charge in [0.25, 0.3) is 0 Å². The Hall–Kier alpha value is -2.31. The van der Waals surface area contributed by atoms with Gasteiger partial charge in [0.15, 0.2) is 0 Å². The fourth-order valence-electron chi connectivity index (χ4n) is 2.28. The number of nitrogens with one attached hydrogen (secondary N) is 1. The van der Waals surface area contributed by atoms with Gasteiger partial charge in [0.05, 0.1) is 6.26 Å². The summed E-state index contributed by atoms with van der Waals surface area (Å²) in [5.74, 6) is 0.861. The van der Waals surface area contributed by atoms with E-state index in [9.17, 15) is 4.79 Å². The molecule has 0 saturated heterocycles. The molecule has 0 fully saturated rings. The predicted molar refractivity (Wildman–Crippen MR) is 95.8 cm³/mol. The molecule has 0 saturated carbocycles. The molecule has 1 N–H and O–H groups in total. The molecule has 136 valence electrons. The maximum absolute atomic E-state index is 12.1. The van der Waals surface area contributed by atoms with Crippen LogP contribution in [0.4, 0.5) is 5.69 Å². The van der Waals surface area contributed by atoms with Crippen LogP contribution in [-0.4, -0.2) is 20.8 Å². The first-order chi connectivity index (χ1) is 12.0. The van der Waals surface area contributed by atoms with Crippen LogP contribution in [0, 0.1) is 5.92 Å². The lowest BCUT2D eigenvalue weighted by molar-refractivity contribution is -0.120. The van der Waals surface area contributed by atoms with Crippen molar-refractivity contribution < 1.29 is 18.6 Å². The molecule has 6 heteroatoms. The van der Waals surface area contributed by atoms with Gasteiger partial charge in [-0.05, 0) is 23.6 Å². The molecule has 0 spiro atoms. The van der Waals surface area contributed by atoms with E-state index in [-0.39, 0.29) is 23.5 Å². The number of hydrogen-bond donors (Lipinski definition) is 1. The molecule has 1 aromatic heterocycles. The number of hydrogen-bond acceptors (Lipinski definition) is 6. The molecule has 0 atom stereocenters. The molecule has 0 amide bonds. The highest BCUT2D eigenvalue weighted by atomic mass is 16.7. The molecule has 0 unspecified atom stereocenters. The fraction of sp³-hybridized carbons (Fsp3) is 0.421. The van der Waals surface area contributed by atoms with Gasteiger partial charge in [0.1, 0.15) is 6.61 Å². The van der Waals surface area contributed by atoms with Crippen LogP contribution in [0.2, 0.25) is 0 Å². The number of anilines is 1. The number of methoxy groups -OCH3 is 2. The van der Waals surface area contributed by atoms with Gasteiger partial charge in [-0.15, -0.1) is 0 Å². The van der Waals surface area contributed by atoms with Crippen molar-refractivity contribution in [2.45, 2.75) is 26.7 Å². The van der Waals surface area contributed by atoms with E-state index in [1.54, 1.807) is 0 Å². The smallest absolute Gasteiger partial charge is 0.227 e. The minimum Gasteiger partial charge on any atom is -0.481 e. The van der Waals surface area contributed by atoms with Crippen molar-refractivity contribution in [2.24, 2.45) is 5.92 Å². The Bertz CT molecular complexity index is 722. The van der Waals surface area contributed by atoms with E-state index in [1.807, 2.05) is 24.3 Å². The van der Waals surface area contributed by atoms with E-state index in [1.165, 1.54) is 26.5 Å². The first-order valence-corrected chi connectivity index (χ1v) is 8.18. The average Bonchev–Trinajstić information content (AvgIpc) is 2.61. The van der Waals surface area contributed by atoms with Gasteiger partial charge >= 0.3 is 0 Å². The highest BCUT2D eigenvalue weighted by molar-refractivity contribution is 5.45. The summed E-state index contributed by atoms with van der Waals surface area (Å²) < 4.78 is 21.4. The van der Waals surface area contributed by atoms with Crippen LogP contribution in [0.5, 0.6) is 5.75 Å². The first-order valence-electron chi connectivity index (χ1n) is 8.18. The Kier molecular flexibility index (Phi) is 7.03. The highest BCUT2D eigenvalue weighted by Crippen LogP contribution is 2.25. The van der Waals surface area contributed by atoms with Crippen molar-refractivity contribution in [1.82, 2.24) is 0 Å². The van der Waals surface area contributed by atoms with Gasteiger partial charge in [-0.25, -0.2) is 0 Å². The lowest BCUT2D eigenvalue weighted by atomic mass is 10.2. The monoisotopic (exact) mass is 347 g/mol. The molecule has 25 heavy (non-hydrogen) atoms. The summed E-state index contributed by atoms with van der Waals surface area (Å²) in [5, 5.41) is 3.37. The second kappa shape index (κ2) is 9.25. The number of benzene rings is 1. The third kappa shape index (κ3) is 5.34. The maximum Gasteiger partial charge on any atom is 0.227 e. The summed E-state index contributed by atoms with van der Waals surface area (Å²) in [6.07, 6.45) is 0.495. The third-order valence-electron chi connectivity index (χ3n) is 3.53. The summed E-state index contributed by atoms with van der Waals surface area (Å²) in [6.45, 7) is 5.43. The average molecular weight is 347 g/mol. The molecule has 0 bridgehead atoms. The van der Waals surface area contributed by atoms with Crippen molar-refractivity contribution >= 4 is 5.69 Å². The fourth-order valence-corrected chi connectivity index (χ4v) is 2.28.